The second kappa shape index (κ2) is 13.1. The molecule has 0 aliphatic heterocycles. The number of carbonyl (C=O) groups excluding carboxylic acids is 2. The summed E-state index contributed by atoms with van der Waals surface area (Å²) < 4.78 is 0. The maximum absolute atomic E-state index is 13.3. The van der Waals surface area contributed by atoms with Gasteiger partial charge in [-0.1, -0.05) is 79.9 Å². The van der Waals surface area contributed by atoms with Gasteiger partial charge in [0, 0.05) is 34.5 Å². The number of hydrogen-bond acceptors (Lipinski definition) is 3. The van der Waals surface area contributed by atoms with Gasteiger partial charge in [0.05, 0.1) is 5.75 Å². The van der Waals surface area contributed by atoms with Crippen molar-refractivity contribution in [2.75, 3.05) is 12.3 Å². The maximum atomic E-state index is 13.3. The normalized spacial score (nSPS) is 12.0. The zero-order valence-electron chi connectivity index (χ0n) is 19.2. The number of thioether (sulfide) groups is 1. The Bertz CT molecular complexity index is 900. The molecule has 2 rings (SSSR count). The Balaban J connectivity index is 2.19. The zero-order valence-corrected chi connectivity index (χ0v) is 21.5. The number of halogens is 2. The standard InChI is InChI=1S/C25H32Cl2N2O2S/c1-5-23(25(31)28-13-17(2)3)29(14-20-21(26)10-7-11-22(20)27)24(30)16-32-15-19-9-6-8-18(4)12-19/h6-12,17,23H,5,13-16H2,1-4H3,(H,28,31)/t23-/m0/s1. The highest BCUT2D eigenvalue weighted by Crippen LogP contribution is 2.27. The van der Waals surface area contributed by atoms with Gasteiger partial charge in [0.2, 0.25) is 11.8 Å². The number of carbonyl (C=O) groups is 2. The van der Waals surface area contributed by atoms with E-state index in [1.165, 1.54) is 22.9 Å². The SMILES string of the molecule is CC[C@@H](C(=O)NCC(C)C)N(Cc1c(Cl)cccc1Cl)C(=O)CSCc1cccc(C)c1. The monoisotopic (exact) mass is 494 g/mol. The van der Waals surface area contributed by atoms with Gasteiger partial charge in [0.25, 0.3) is 0 Å². The predicted molar refractivity (Wildman–Crippen MR) is 136 cm³/mol. The third kappa shape index (κ3) is 8.02. The summed E-state index contributed by atoms with van der Waals surface area (Å²) >= 11 is 14.3. The van der Waals surface area contributed by atoms with Crippen molar-refractivity contribution >= 4 is 46.8 Å². The van der Waals surface area contributed by atoms with Crippen LogP contribution in [0.3, 0.4) is 0 Å². The molecule has 0 spiro atoms. The third-order valence-corrected chi connectivity index (χ3v) is 6.73. The molecule has 0 aliphatic rings. The highest BCUT2D eigenvalue weighted by atomic mass is 35.5. The average Bonchev–Trinajstić information content (AvgIpc) is 2.74. The Morgan fingerprint density at radius 2 is 1.75 bits per heavy atom. The van der Waals surface area contributed by atoms with Gasteiger partial charge in [0.1, 0.15) is 6.04 Å². The zero-order chi connectivity index (χ0) is 23.7. The van der Waals surface area contributed by atoms with E-state index in [1.807, 2.05) is 26.8 Å². The van der Waals surface area contributed by atoms with E-state index in [4.69, 9.17) is 23.2 Å². The summed E-state index contributed by atoms with van der Waals surface area (Å²) in [5.74, 6) is 1.06. The summed E-state index contributed by atoms with van der Waals surface area (Å²) in [6.45, 7) is 8.79. The van der Waals surface area contributed by atoms with Gasteiger partial charge in [-0.15, -0.1) is 11.8 Å². The minimum Gasteiger partial charge on any atom is -0.354 e. The fraction of sp³-hybridized carbons (Fsp3) is 0.440. The van der Waals surface area contributed by atoms with Gasteiger partial charge < -0.3 is 10.2 Å². The van der Waals surface area contributed by atoms with E-state index < -0.39 is 6.04 Å². The number of amides is 2. The molecule has 0 bridgehead atoms. The third-order valence-electron chi connectivity index (χ3n) is 5.04. The number of nitrogens with one attached hydrogen (secondary N) is 1. The van der Waals surface area contributed by atoms with Crippen LogP contribution in [0.4, 0.5) is 0 Å². The first kappa shape index (κ1) is 26.6. The van der Waals surface area contributed by atoms with Crippen LogP contribution < -0.4 is 5.32 Å². The minimum absolute atomic E-state index is 0.106. The van der Waals surface area contributed by atoms with Crippen molar-refractivity contribution in [3.05, 3.63) is 69.2 Å². The molecule has 4 nitrogen and oxygen atoms in total. The fourth-order valence-corrected chi connectivity index (χ4v) is 4.71. The molecule has 1 N–H and O–H groups in total. The molecule has 7 heteroatoms. The molecule has 0 radical (unpaired) electrons. The highest BCUT2D eigenvalue weighted by Gasteiger charge is 2.29. The van der Waals surface area contributed by atoms with E-state index >= 15 is 0 Å². The molecule has 0 unspecified atom stereocenters. The molecule has 0 fully saturated rings. The molecular formula is C25H32Cl2N2O2S. The smallest absolute Gasteiger partial charge is 0.242 e. The van der Waals surface area contributed by atoms with Crippen LogP contribution in [0, 0.1) is 12.8 Å². The van der Waals surface area contributed by atoms with E-state index in [1.54, 1.807) is 23.1 Å². The second-order valence-corrected chi connectivity index (χ2v) is 10.1. The van der Waals surface area contributed by atoms with Crippen molar-refractivity contribution in [2.45, 2.75) is 52.5 Å². The van der Waals surface area contributed by atoms with Crippen LogP contribution in [-0.2, 0) is 21.9 Å². The molecule has 0 heterocycles. The van der Waals surface area contributed by atoms with Gasteiger partial charge in [-0.05, 0) is 37.0 Å². The molecule has 2 amide bonds. The van der Waals surface area contributed by atoms with Gasteiger partial charge in [0.15, 0.2) is 0 Å². The average molecular weight is 496 g/mol. The lowest BCUT2D eigenvalue weighted by atomic mass is 10.1. The Morgan fingerprint density at radius 1 is 1.09 bits per heavy atom. The van der Waals surface area contributed by atoms with Crippen molar-refractivity contribution in [1.82, 2.24) is 10.2 Å². The van der Waals surface area contributed by atoms with Crippen LogP contribution in [0.1, 0.15) is 43.9 Å². The summed E-state index contributed by atoms with van der Waals surface area (Å²) in [4.78, 5) is 27.9. The molecule has 32 heavy (non-hydrogen) atoms. The quantitative estimate of drug-likeness (QED) is 0.409. The van der Waals surface area contributed by atoms with E-state index in [0.717, 1.165) is 5.75 Å². The largest absolute Gasteiger partial charge is 0.354 e. The van der Waals surface area contributed by atoms with E-state index in [2.05, 4.69) is 30.4 Å². The second-order valence-electron chi connectivity index (χ2n) is 8.27. The Labute approximate surface area is 206 Å². The van der Waals surface area contributed by atoms with Crippen LogP contribution in [0.2, 0.25) is 10.0 Å². The summed E-state index contributed by atoms with van der Waals surface area (Å²) in [5, 5.41) is 3.94. The summed E-state index contributed by atoms with van der Waals surface area (Å²) in [6, 6.07) is 12.9. The van der Waals surface area contributed by atoms with E-state index in [0.29, 0.717) is 34.5 Å². The van der Waals surface area contributed by atoms with Gasteiger partial charge >= 0.3 is 0 Å². The topological polar surface area (TPSA) is 49.4 Å². The predicted octanol–water partition coefficient (Wildman–Crippen LogP) is 6.11. The lowest BCUT2D eigenvalue weighted by Crippen LogP contribution is -2.50. The van der Waals surface area contributed by atoms with Crippen LogP contribution in [-0.4, -0.2) is 35.1 Å². The summed E-state index contributed by atoms with van der Waals surface area (Å²) in [6.07, 6.45) is 0.500. The van der Waals surface area contributed by atoms with Gasteiger partial charge in [-0.2, -0.15) is 0 Å². The number of aryl methyl sites for hydroxylation is 1. The summed E-state index contributed by atoms with van der Waals surface area (Å²) in [7, 11) is 0. The molecule has 2 aromatic rings. The van der Waals surface area contributed by atoms with Crippen LogP contribution in [0.15, 0.2) is 42.5 Å². The van der Waals surface area contributed by atoms with Crippen molar-refractivity contribution in [3.63, 3.8) is 0 Å². The minimum atomic E-state index is -0.590. The lowest BCUT2D eigenvalue weighted by Gasteiger charge is -2.31. The van der Waals surface area contributed by atoms with E-state index in [-0.39, 0.29) is 24.1 Å². The first-order valence-corrected chi connectivity index (χ1v) is 12.8. The van der Waals surface area contributed by atoms with Gasteiger partial charge in [-0.25, -0.2) is 0 Å². The van der Waals surface area contributed by atoms with Crippen molar-refractivity contribution in [2.24, 2.45) is 5.92 Å². The van der Waals surface area contributed by atoms with Crippen LogP contribution in [0.25, 0.3) is 0 Å². The molecule has 2 aromatic carbocycles. The molecule has 0 aromatic heterocycles. The van der Waals surface area contributed by atoms with Gasteiger partial charge in [-0.3, -0.25) is 9.59 Å². The first-order chi connectivity index (χ1) is 15.2. The Kier molecular flexibility index (Phi) is 10.9. The first-order valence-electron chi connectivity index (χ1n) is 10.9. The Morgan fingerprint density at radius 3 is 2.34 bits per heavy atom. The fourth-order valence-electron chi connectivity index (χ4n) is 3.34. The van der Waals surface area contributed by atoms with Crippen LogP contribution >= 0.6 is 35.0 Å². The highest BCUT2D eigenvalue weighted by molar-refractivity contribution is 7.99. The molecule has 1 atom stereocenters. The number of benzene rings is 2. The van der Waals surface area contributed by atoms with Crippen molar-refractivity contribution in [1.29, 1.82) is 0 Å². The van der Waals surface area contributed by atoms with Crippen molar-refractivity contribution in [3.8, 4) is 0 Å². The number of hydrogen-bond donors (Lipinski definition) is 1. The lowest BCUT2D eigenvalue weighted by molar-refractivity contribution is -0.139. The van der Waals surface area contributed by atoms with E-state index in [9.17, 15) is 9.59 Å². The van der Waals surface area contributed by atoms with Crippen molar-refractivity contribution < 1.29 is 9.59 Å². The molecular weight excluding hydrogens is 463 g/mol. The Hall–Kier alpha value is -1.69. The van der Waals surface area contributed by atoms with Crippen LogP contribution in [0.5, 0.6) is 0 Å². The molecule has 0 saturated carbocycles. The maximum Gasteiger partial charge on any atom is 0.242 e. The molecule has 174 valence electrons. The summed E-state index contributed by atoms with van der Waals surface area (Å²) in [5.41, 5.74) is 3.02. The number of nitrogens with zero attached hydrogens (tertiary/aromatic N) is 1. The molecule has 0 saturated heterocycles. The molecule has 0 aliphatic carbocycles. The number of rotatable bonds is 11.